The molecule has 0 fully saturated rings. The van der Waals surface area contributed by atoms with Crippen molar-refractivity contribution in [3.05, 3.63) is 41.7 Å². The second kappa shape index (κ2) is 7.35. The number of aromatic nitrogens is 3. The quantitative estimate of drug-likeness (QED) is 0.827. The van der Waals surface area contributed by atoms with E-state index in [9.17, 15) is 9.59 Å². The van der Waals surface area contributed by atoms with Crippen LogP contribution < -0.4 is 10.6 Å². The van der Waals surface area contributed by atoms with E-state index in [1.54, 1.807) is 6.92 Å². The van der Waals surface area contributed by atoms with Crippen LogP contribution in [0, 0.1) is 6.92 Å². The molecule has 2 N–H and O–H groups in total. The second-order valence-corrected chi connectivity index (χ2v) is 4.79. The molecule has 0 unspecified atom stereocenters. The predicted octanol–water partition coefficient (Wildman–Crippen LogP) is 0.832. The molecule has 7 nitrogen and oxygen atoms in total. The molecule has 2 aromatic rings. The van der Waals surface area contributed by atoms with Crippen molar-refractivity contribution in [3.63, 3.8) is 0 Å². The van der Waals surface area contributed by atoms with Crippen molar-refractivity contribution < 1.29 is 9.59 Å². The fourth-order valence-corrected chi connectivity index (χ4v) is 1.84. The van der Waals surface area contributed by atoms with Crippen molar-refractivity contribution >= 4 is 11.8 Å². The van der Waals surface area contributed by atoms with Gasteiger partial charge in [0.05, 0.1) is 17.9 Å². The van der Waals surface area contributed by atoms with Crippen LogP contribution in [0.1, 0.15) is 29.5 Å². The van der Waals surface area contributed by atoms with E-state index >= 15 is 0 Å². The molecule has 0 aliphatic heterocycles. The molecule has 2 rings (SSSR count). The molecule has 7 heteroatoms. The fraction of sp³-hybridized carbons (Fsp3) is 0.333. The zero-order chi connectivity index (χ0) is 15.9. The van der Waals surface area contributed by atoms with Crippen LogP contribution in [-0.2, 0) is 4.79 Å². The first-order chi connectivity index (χ1) is 10.6. The third kappa shape index (κ3) is 3.91. The molecule has 2 amide bonds. The minimum atomic E-state index is -0.411. The van der Waals surface area contributed by atoms with Gasteiger partial charge >= 0.3 is 0 Å². The molecule has 116 valence electrons. The number of amides is 2. The normalized spacial score (nSPS) is 10.3. The zero-order valence-corrected chi connectivity index (χ0v) is 12.7. The van der Waals surface area contributed by atoms with E-state index < -0.39 is 5.91 Å². The van der Waals surface area contributed by atoms with Crippen LogP contribution in [0.15, 0.2) is 30.3 Å². The van der Waals surface area contributed by atoms with Gasteiger partial charge in [0.15, 0.2) is 5.69 Å². The van der Waals surface area contributed by atoms with Gasteiger partial charge < -0.3 is 10.6 Å². The maximum atomic E-state index is 12.1. The molecular formula is C15H19N5O2. The highest BCUT2D eigenvalue weighted by atomic mass is 16.2. The molecule has 0 aliphatic rings. The van der Waals surface area contributed by atoms with Crippen molar-refractivity contribution in [2.24, 2.45) is 0 Å². The van der Waals surface area contributed by atoms with E-state index in [0.29, 0.717) is 12.2 Å². The predicted molar refractivity (Wildman–Crippen MR) is 81.7 cm³/mol. The number of carbonyl (C=O) groups excluding carboxylic acids is 2. The smallest absolute Gasteiger partial charge is 0.274 e. The van der Waals surface area contributed by atoms with Crippen LogP contribution >= 0.6 is 0 Å². The number of aryl methyl sites for hydroxylation is 1. The van der Waals surface area contributed by atoms with Crippen LogP contribution in [0.4, 0.5) is 0 Å². The Kier molecular flexibility index (Phi) is 5.24. The summed E-state index contributed by atoms with van der Waals surface area (Å²) < 4.78 is 0. The molecule has 0 saturated carbocycles. The van der Waals surface area contributed by atoms with E-state index in [4.69, 9.17) is 0 Å². The minimum absolute atomic E-state index is 0.0729. The Morgan fingerprint density at radius 2 is 1.86 bits per heavy atom. The zero-order valence-electron chi connectivity index (χ0n) is 12.7. The van der Waals surface area contributed by atoms with Crippen molar-refractivity contribution in [1.29, 1.82) is 0 Å². The van der Waals surface area contributed by atoms with Crippen LogP contribution in [0.3, 0.4) is 0 Å². The fourth-order valence-electron chi connectivity index (χ4n) is 1.84. The number of nitrogens with one attached hydrogen (secondary N) is 2. The van der Waals surface area contributed by atoms with E-state index in [0.717, 1.165) is 12.1 Å². The molecular weight excluding hydrogens is 282 g/mol. The minimum Gasteiger partial charge on any atom is -0.355 e. The van der Waals surface area contributed by atoms with Gasteiger partial charge in [0.1, 0.15) is 0 Å². The average Bonchev–Trinajstić information content (AvgIpc) is 2.93. The third-order valence-corrected chi connectivity index (χ3v) is 2.97. The van der Waals surface area contributed by atoms with E-state index in [2.05, 4.69) is 20.8 Å². The standard InChI is InChI=1S/C15H19N5O2/c1-3-9-16-13(21)10-17-15(22)14-11(2)18-20(19-14)12-7-5-4-6-8-12/h4-8H,3,9-10H2,1-2H3,(H,16,21)(H,17,22). The van der Waals surface area contributed by atoms with Gasteiger partial charge in [0, 0.05) is 6.54 Å². The summed E-state index contributed by atoms with van der Waals surface area (Å²) in [5.74, 6) is -0.630. The molecule has 0 saturated heterocycles. The molecule has 0 bridgehead atoms. The first-order valence-electron chi connectivity index (χ1n) is 7.16. The Labute approximate surface area is 128 Å². The highest BCUT2D eigenvalue weighted by Crippen LogP contribution is 2.07. The Balaban J connectivity index is 2.02. The maximum Gasteiger partial charge on any atom is 0.274 e. The van der Waals surface area contributed by atoms with Gasteiger partial charge in [-0.25, -0.2) is 0 Å². The van der Waals surface area contributed by atoms with E-state index in [-0.39, 0.29) is 18.1 Å². The van der Waals surface area contributed by atoms with Crippen molar-refractivity contribution in [1.82, 2.24) is 25.6 Å². The maximum absolute atomic E-state index is 12.1. The first kappa shape index (κ1) is 15.7. The van der Waals surface area contributed by atoms with Gasteiger partial charge in [0.25, 0.3) is 5.91 Å². The van der Waals surface area contributed by atoms with Crippen LogP contribution in [0.5, 0.6) is 0 Å². The van der Waals surface area contributed by atoms with Gasteiger partial charge in [-0.2, -0.15) is 9.90 Å². The van der Waals surface area contributed by atoms with Crippen LogP contribution in [0.25, 0.3) is 5.69 Å². The lowest BCUT2D eigenvalue weighted by atomic mass is 10.3. The summed E-state index contributed by atoms with van der Waals surface area (Å²) in [7, 11) is 0. The largest absolute Gasteiger partial charge is 0.355 e. The average molecular weight is 301 g/mol. The summed E-state index contributed by atoms with van der Waals surface area (Å²) >= 11 is 0. The number of benzene rings is 1. The van der Waals surface area contributed by atoms with Gasteiger partial charge in [-0.3, -0.25) is 9.59 Å². The number of hydrogen-bond donors (Lipinski definition) is 2. The van der Waals surface area contributed by atoms with Gasteiger partial charge in [-0.05, 0) is 25.5 Å². The van der Waals surface area contributed by atoms with Crippen molar-refractivity contribution in [2.45, 2.75) is 20.3 Å². The third-order valence-electron chi connectivity index (χ3n) is 2.97. The lowest BCUT2D eigenvalue weighted by Crippen LogP contribution is -2.37. The van der Waals surface area contributed by atoms with Gasteiger partial charge in [-0.1, -0.05) is 25.1 Å². The van der Waals surface area contributed by atoms with E-state index in [1.165, 1.54) is 4.80 Å². The summed E-state index contributed by atoms with van der Waals surface area (Å²) in [4.78, 5) is 25.0. The molecule has 1 aromatic carbocycles. The summed E-state index contributed by atoms with van der Waals surface area (Å²) in [5, 5.41) is 13.6. The number of nitrogens with zero attached hydrogens (tertiary/aromatic N) is 3. The second-order valence-electron chi connectivity index (χ2n) is 4.79. The molecule has 1 aromatic heterocycles. The molecule has 0 aliphatic carbocycles. The Hall–Kier alpha value is -2.70. The lowest BCUT2D eigenvalue weighted by molar-refractivity contribution is -0.120. The summed E-state index contributed by atoms with van der Waals surface area (Å²) in [6.45, 7) is 4.19. The van der Waals surface area contributed by atoms with E-state index in [1.807, 2.05) is 37.3 Å². The Morgan fingerprint density at radius 3 is 2.55 bits per heavy atom. The number of hydrogen-bond acceptors (Lipinski definition) is 4. The number of rotatable bonds is 6. The molecule has 1 heterocycles. The van der Waals surface area contributed by atoms with Gasteiger partial charge in [0.2, 0.25) is 5.91 Å². The molecule has 22 heavy (non-hydrogen) atoms. The monoisotopic (exact) mass is 301 g/mol. The summed E-state index contributed by atoms with van der Waals surface area (Å²) in [5.41, 5.74) is 1.49. The SMILES string of the molecule is CCCNC(=O)CNC(=O)c1nn(-c2ccccc2)nc1C. The Bertz CT molecular complexity index is 651. The summed E-state index contributed by atoms with van der Waals surface area (Å²) in [6.07, 6.45) is 0.851. The summed E-state index contributed by atoms with van der Waals surface area (Å²) in [6, 6.07) is 9.32. The first-order valence-corrected chi connectivity index (χ1v) is 7.16. The number of carbonyl (C=O) groups is 2. The van der Waals surface area contributed by atoms with Crippen molar-refractivity contribution in [3.8, 4) is 5.69 Å². The highest BCUT2D eigenvalue weighted by Gasteiger charge is 2.16. The van der Waals surface area contributed by atoms with Crippen LogP contribution in [0.2, 0.25) is 0 Å². The van der Waals surface area contributed by atoms with Gasteiger partial charge in [-0.15, -0.1) is 5.10 Å². The number of para-hydroxylation sites is 1. The topological polar surface area (TPSA) is 88.9 Å². The van der Waals surface area contributed by atoms with Crippen LogP contribution in [-0.4, -0.2) is 39.9 Å². The lowest BCUT2D eigenvalue weighted by Gasteiger charge is -2.04. The van der Waals surface area contributed by atoms with Crippen molar-refractivity contribution in [2.75, 3.05) is 13.1 Å². The Morgan fingerprint density at radius 1 is 1.14 bits per heavy atom. The molecule has 0 radical (unpaired) electrons. The highest BCUT2D eigenvalue weighted by molar-refractivity contribution is 5.95. The molecule has 0 atom stereocenters. The molecule has 0 spiro atoms.